The number of fused-ring (bicyclic) bond motifs is 1. The quantitative estimate of drug-likeness (QED) is 0.410. The van der Waals surface area contributed by atoms with E-state index in [0.29, 0.717) is 12.2 Å². The zero-order valence-electron chi connectivity index (χ0n) is 21.2. The zero-order chi connectivity index (χ0) is 25.5. The first-order chi connectivity index (χ1) is 17.9. The molecule has 3 heterocycles. The minimum absolute atomic E-state index is 0.150. The van der Waals surface area contributed by atoms with Crippen LogP contribution in [0, 0.1) is 0 Å². The van der Waals surface area contributed by atoms with E-state index in [2.05, 4.69) is 22.2 Å². The predicted octanol–water partition coefficient (Wildman–Crippen LogP) is 2.97. The number of para-hydroxylation sites is 1. The first-order valence-corrected chi connectivity index (χ1v) is 13.2. The number of carboxylic acids is 1. The Morgan fingerprint density at radius 3 is 2.95 bits per heavy atom. The Bertz CT molecular complexity index is 1400. The molecule has 194 valence electrons. The number of carboxylic acid groups (broad SMARTS) is 1. The number of methoxy groups -OCH3 is 1. The molecule has 2 aromatic carbocycles. The predicted molar refractivity (Wildman–Crippen MR) is 138 cm³/mol. The molecule has 2 aliphatic heterocycles. The Morgan fingerprint density at radius 1 is 1.30 bits per heavy atom. The molecule has 2 aliphatic carbocycles. The lowest BCUT2D eigenvalue weighted by molar-refractivity contribution is -0.204. The summed E-state index contributed by atoms with van der Waals surface area (Å²) in [5.41, 5.74) is 3.36. The number of phenolic OH excluding ortho intramolecular Hbond substituents is 1. The number of aromatic amines is 1. The number of piperidine rings is 1. The van der Waals surface area contributed by atoms with Crippen LogP contribution in [-0.2, 0) is 27.8 Å². The van der Waals surface area contributed by atoms with Gasteiger partial charge in [-0.15, -0.1) is 0 Å². The molecule has 2 bridgehead atoms. The van der Waals surface area contributed by atoms with Crippen LogP contribution < -0.4 is 10.1 Å². The van der Waals surface area contributed by atoms with E-state index in [0.717, 1.165) is 54.3 Å². The Balaban J connectivity index is 1.28. The number of ether oxygens (including phenoxy) is 2. The van der Waals surface area contributed by atoms with Crippen LogP contribution >= 0.6 is 0 Å². The highest BCUT2D eigenvalue weighted by molar-refractivity contribution is 5.84. The molecule has 4 aliphatic rings. The standard InChI is InChI=1S/C29H33N3O5/c1-32-12-11-28-24-16-7-8-22(33)25(24)37-26(28)20(9-10-29(28,36-2)23(32)14-16)31-21(27(34)35)13-17-15-30-19-6-4-3-5-18(17)19/h3-8,15,20-21,23,26,30-31,33H,9-14H2,1-2H3,(H,34,35)/t20-,21?,23?,26+,28+,29-/m1/s1. The van der Waals surface area contributed by atoms with Crippen molar-refractivity contribution in [2.75, 3.05) is 20.7 Å². The topological polar surface area (TPSA) is 107 Å². The molecular formula is C29H33N3O5. The van der Waals surface area contributed by atoms with Gasteiger partial charge in [0.2, 0.25) is 0 Å². The number of nitrogens with zero attached hydrogens (tertiary/aromatic N) is 1. The van der Waals surface area contributed by atoms with Gasteiger partial charge in [0, 0.05) is 48.3 Å². The molecule has 3 aromatic rings. The summed E-state index contributed by atoms with van der Waals surface area (Å²) < 4.78 is 13.2. The van der Waals surface area contributed by atoms with Crippen LogP contribution in [0.4, 0.5) is 0 Å². The molecule has 4 N–H and O–H groups in total. The van der Waals surface area contributed by atoms with Gasteiger partial charge in [0.05, 0.1) is 11.0 Å². The van der Waals surface area contributed by atoms with Crippen molar-refractivity contribution in [1.82, 2.24) is 15.2 Å². The summed E-state index contributed by atoms with van der Waals surface area (Å²) in [5, 5.41) is 25.7. The minimum Gasteiger partial charge on any atom is -0.504 e. The van der Waals surface area contributed by atoms with Crippen LogP contribution in [0.5, 0.6) is 11.5 Å². The third-order valence-electron chi connectivity index (χ3n) is 9.87. The summed E-state index contributed by atoms with van der Waals surface area (Å²) in [6.45, 7) is 0.897. The van der Waals surface area contributed by atoms with E-state index in [9.17, 15) is 15.0 Å². The van der Waals surface area contributed by atoms with Crippen molar-refractivity contribution in [2.45, 2.75) is 67.3 Å². The zero-order valence-corrected chi connectivity index (χ0v) is 21.2. The number of rotatable bonds is 6. The van der Waals surface area contributed by atoms with Gasteiger partial charge in [-0.05, 0) is 62.5 Å². The van der Waals surface area contributed by atoms with E-state index in [4.69, 9.17) is 9.47 Å². The van der Waals surface area contributed by atoms with E-state index in [1.807, 2.05) is 43.6 Å². The summed E-state index contributed by atoms with van der Waals surface area (Å²) >= 11 is 0. The largest absolute Gasteiger partial charge is 0.504 e. The van der Waals surface area contributed by atoms with Crippen LogP contribution in [0.2, 0.25) is 0 Å². The summed E-state index contributed by atoms with van der Waals surface area (Å²) in [4.78, 5) is 18.2. The van der Waals surface area contributed by atoms with Gasteiger partial charge in [-0.25, -0.2) is 0 Å². The number of hydrogen-bond donors (Lipinski definition) is 4. The number of nitrogens with one attached hydrogen (secondary N) is 2. The summed E-state index contributed by atoms with van der Waals surface area (Å²) in [7, 11) is 3.98. The molecule has 8 heteroatoms. The van der Waals surface area contributed by atoms with Crippen molar-refractivity contribution in [3.05, 3.63) is 59.3 Å². The Labute approximate surface area is 215 Å². The highest BCUT2D eigenvalue weighted by atomic mass is 16.5. The summed E-state index contributed by atoms with van der Waals surface area (Å²) in [6, 6.07) is 10.9. The number of phenols is 1. The number of aromatic nitrogens is 1. The van der Waals surface area contributed by atoms with Crippen molar-refractivity contribution in [3.63, 3.8) is 0 Å². The van der Waals surface area contributed by atoms with Gasteiger partial charge in [-0.3, -0.25) is 10.1 Å². The molecule has 0 amide bonds. The van der Waals surface area contributed by atoms with E-state index in [-0.39, 0.29) is 23.9 Å². The summed E-state index contributed by atoms with van der Waals surface area (Å²) in [6.07, 6.45) is 5.15. The molecule has 2 fully saturated rings. The van der Waals surface area contributed by atoms with Crippen LogP contribution in [0.15, 0.2) is 42.6 Å². The van der Waals surface area contributed by atoms with Gasteiger partial charge in [-0.2, -0.15) is 0 Å². The number of likely N-dealkylation sites (N-methyl/N-ethyl adjacent to an activating group) is 1. The maximum absolute atomic E-state index is 12.5. The van der Waals surface area contributed by atoms with Crippen molar-refractivity contribution in [3.8, 4) is 11.5 Å². The molecule has 37 heavy (non-hydrogen) atoms. The van der Waals surface area contributed by atoms with Crippen LogP contribution in [-0.4, -0.2) is 76.6 Å². The lowest BCUT2D eigenvalue weighted by Gasteiger charge is -2.65. The second-order valence-corrected chi connectivity index (χ2v) is 11.3. The van der Waals surface area contributed by atoms with Crippen molar-refractivity contribution in [1.29, 1.82) is 0 Å². The smallest absolute Gasteiger partial charge is 0.321 e. The number of aromatic hydroxyl groups is 1. The molecule has 8 nitrogen and oxygen atoms in total. The average molecular weight is 504 g/mol. The maximum Gasteiger partial charge on any atom is 0.321 e. The third kappa shape index (κ3) is 2.92. The number of likely N-dealkylation sites (tertiary alicyclic amines) is 1. The molecule has 1 saturated carbocycles. The van der Waals surface area contributed by atoms with Gasteiger partial charge >= 0.3 is 5.97 Å². The molecule has 1 saturated heterocycles. The third-order valence-corrected chi connectivity index (χ3v) is 9.87. The van der Waals surface area contributed by atoms with E-state index in [1.165, 1.54) is 5.56 Å². The molecular weight excluding hydrogens is 470 g/mol. The normalized spacial score (nSPS) is 32.6. The van der Waals surface area contributed by atoms with Gasteiger partial charge in [0.25, 0.3) is 0 Å². The Hall–Kier alpha value is -3.07. The van der Waals surface area contributed by atoms with Gasteiger partial charge in [0.1, 0.15) is 12.1 Å². The van der Waals surface area contributed by atoms with Gasteiger partial charge in [0.15, 0.2) is 11.5 Å². The highest BCUT2D eigenvalue weighted by Crippen LogP contribution is 2.66. The van der Waals surface area contributed by atoms with Crippen molar-refractivity contribution >= 4 is 16.9 Å². The van der Waals surface area contributed by atoms with E-state index >= 15 is 0 Å². The summed E-state index contributed by atoms with van der Waals surface area (Å²) in [5.74, 6) is -0.170. The van der Waals surface area contributed by atoms with E-state index < -0.39 is 23.0 Å². The fourth-order valence-corrected chi connectivity index (χ4v) is 8.31. The minimum atomic E-state index is -0.879. The second-order valence-electron chi connectivity index (χ2n) is 11.3. The fraction of sp³-hybridized carbons (Fsp3) is 0.483. The monoisotopic (exact) mass is 503 g/mol. The molecule has 2 unspecified atom stereocenters. The molecule has 1 spiro atoms. The first-order valence-electron chi connectivity index (χ1n) is 13.2. The number of aliphatic carboxylic acids is 1. The lowest BCUT2D eigenvalue weighted by Crippen LogP contribution is -2.78. The maximum atomic E-state index is 12.5. The van der Waals surface area contributed by atoms with Gasteiger partial charge in [-0.1, -0.05) is 24.3 Å². The highest BCUT2D eigenvalue weighted by Gasteiger charge is 2.73. The SMILES string of the molecule is CO[C@@]12CC[C@@H](NC(Cc3c[nH]c4ccccc34)C(=O)O)[C@@H]3Oc4c(O)ccc5c4[C@@]31CCN(C)C2C5. The number of benzene rings is 2. The molecule has 1 aromatic heterocycles. The number of H-pyrrole nitrogens is 1. The van der Waals surface area contributed by atoms with Gasteiger partial charge < -0.3 is 29.6 Å². The second kappa shape index (κ2) is 7.96. The molecule has 7 rings (SSSR count). The van der Waals surface area contributed by atoms with Crippen LogP contribution in [0.25, 0.3) is 10.9 Å². The fourth-order valence-electron chi connectivity index (χ4n) is 8.31. The molecule has 6 atom stereocenters. The number of hydrogen-bond acceptors (Lipinski definition) is 6. The Kier molecular flexibility index (Phi) is 4.97. The first kappa shape index (κ1) is 23.1. The average Bonchev–Trinajstić information content (AvgIpc) is 3.47. The van der Waals surface area contributed by atoms with Crippen LogP contribution in [0.1, 0.15) is 36.0 Å². The lowest BCUT2D eigenvalue weighted by atomic mass is 9.48. The number of carbonyl (C=O) groups is 1. The molecule has 0 radical (unpaired) electrons. The van der Waals surface area contributed by atoms with Crippen LogP contribution in [0.3, 0.4) is 0 Å². The van der Waals surface area contributed by atoms with E-state index in [1.54, 1.807) is 6.07 Å². The van der Waals surface area contributed by atoms with Crippen molar-refractivity contribution < 1.29 is 24.5 Å². The van der Waals surface area contributed by atoms with Crippen molar-refractivity contribution in [2.24, 2.45) is 0 Å². The Morgan fingerprint density at radius 2 is 2.14 bits per heavy atom.